The highest BCUT2D eigenvalue weighted by atomic mass is 16.7. The Hall–Kier alpha value is -5.46. The number of carbonyl (C=O) groups excluding carboxylic acids is 3. The van der Waals surface area contributed by atoms with Crippen LogP contribution in [-0.4, -0.2) is 53.4 Å². The number of anilines is 1. The maximum atomic E-state index is 14.4. The minimum Gasteiger partial charge on any atom is -0.368 e. The zero-order chi connectivity index (χ0) is 30.5. The largest absolute Gasteiger partial charge is 0.368 e. The number of hydrazine groups is 1. The molecule has 0 heterocycles. The van der Waals surface area contributed by atoms with Crippen molar-refractivity contribution in [1.29, 1.82) is 0 Å². The molecule has 13 heteroatoms. The van der Waals surface area contributed by atoms with Crippen molar-refractivity contribution in [2.75, 3.05) is 18.9 Å². The first-order valence-corrected chi connectivity index (χ1v) is 13.2. The number of amides is 4. The van der Waals surface area contributed by atoms with Gasteiger partial charge in [-0.15, -0.1) is 0 Å². The average Bonchev–Trinajstić information content (AvgIpc) is 2.97. The van der Waals surface area contributed by atoms with Crippen LogP contribution >= 0.6 is 0 Å². The molecular weight excluding hydrogens is 540 g/mol. The van der Waals surface area contributed by atoms with Gasteiger partial charge in [0.15, 0.2) is 5.03 Å². The normalized spacial score (nSPS) is 11.8. The van der Waals surface area contributed by atoms with E-state index >= 15 is 0 Å². The number of guanidine groups is 1. The van der Waals surface area contributed by atoms with E-state index in [1.807, 2.05) is 60.7 Å². The highest BCUT2D eigenvalue weighted by molar-refractivity contribution is 5.92. The molecule has 4 amide bonds. The third-order valence-electron chi connectivity index (χ3n) is 6.42. The molecule has 13 nitrogen and oxygen atoms in total. The molecule has 0 aliphatic rings. The lowest BCUT2D eigenvalue weighted by molar-refractivity contribution is -0.525. The number of hydrogen-bond acceptors (Lipinski definition) is 6. The predicted octanol–water partition coefficient (Wildman–Crippen LogP) is 2.33. The molecule has 0 aromatic heterocycles. The Morgan fingerprint density at radius 2 is 1.50 bits per heavy atom. The number of nitrogens with zero attached hydrogens (tertiary/aromatic N) is 3. The van der Waals surface area contributed by atoms with Crippen molar-refractivity contribution in [3.63, 3.8) is 0 Å². The molecule has 7 N–H and O–H groups in total. The molecular formula is C29H34N8O5. The molecule has 42 heavy (non-hydrogen) atoms. The standard InChI is InChI=1S/C29H34N8O5/c1-32-29(40)34-23-16-14-20(15-17-23)19-36(24(26(30)38)13-8-18-33-28(31)35-37(41)42)27(39)25(21-9-4-2-5-10-21)22-11-6-3-7-12-22/h2-7,9-12,14-17,24-25H,8,13,18-19H2,1H3,(H2,30,38)(H3,31,33,35)(H2,32,34,40)/t24-/m1/s1. The third kappa shape index (κ3) is 9.05. The summed E-state index contributed by atoms with van der Waals surface area (Å²) < 4.78 is 0. The maximum absolute atomic E-state index is 14.4. The molecule has 0 bridgehead atoms. The first-order chi connectivity index (χ1) is 20.2. The van der Waals surface area contributed by atoms with Gasteiger partial charge in [-0.1, -0.05) is 78.2 Å². The topological polar surface area (TPSA) is 198 Å². The Morgan fingerprint density at radius 3 is 2.00 bits per heavy atom. The van der Waals surface area contributed by atoms with Crippen LogP contribution in [0.3, 0.4) is 0 Å². The number of carbonyl (C=O) groups is 3. The van der Waals surface area contributed by atoms with Gasteiger partial charge in [0.1, 0.15) is 6.04 Å². The minimum atomic E-state index is -1.02. The smallest absolute Gasteiger partial charge is 0.318 e. The summed E-state index contributed by atoms with van der Waals surface area (Å²) in [6.45, 7) is 0.121. The molecule has 0 aliphatic carbocycles. The Morgan fingerprint density at radius 1 is 0.929 bits per heavy atom. The fourth-order valence-electron chi connectivity index (χ4n) is 4.42. The van der Waals surface area contributed by atoms with E-state index in [0.717, 1.165) is 11.1 Å². The van der Waals surface area contributed by atoms with Crippen LogP contribution in [0.1, 0.15) is 35.4 Å². The van der Waals surface area contributed by atoms with Crippen LogP contribution in [0.15, 0.2) is 89.9 Å². The van der Waals surface area contributed by atoms with Crippen molar-refractivity contribution >= 4 is 29.5 Å². The molecule has 0 fully saturated rings. The van der Waals surface area contributed by atoms with Crippen molar-refractivity contribution in [3.05, 3.63) is 112 Å². The Kier molecular flexibility index (Phi) is 11.4. The number of nitro groups is 1. The summed E-state index contributed by atoms with van der Waals surface area (Å²) in [5.41, 5.74) is 15.9. The summed E-state index contributed by atoms with van der Waals surface area (Å²) in [6.07, 6.45) is 0.413. The molecule has 3 aromatic rings. The van der Waals surface area contributed by atoms with Crippen molar-refractivity contribution < 1.29 is 19.4 Å². The van der Waals surface area contributed by atoms with Gasteiger partial charge in [-0.3, -0.25) is 9.59 Å². The molecule has 0 unspecified atom stereocenters. The lowest BCUT2D eigenvalue weighted by atomic mass is 9.89. The third-order valence-corrected chi connectivity index (χ3v) is 6.42. The lowest BCUT2D eigenvalue weighted by Gasteiger charge is -2.33. The summed E-state index contributed by atoms with van der Waals surface area (Å²) in [7, 11) is 1.51. The summed E-state index contributed by atoms with van der Waals surface area (Å²) in [4.78, 5) is 54.9. The maximum Gasteiger partial charge on any atom is 0.318 e. The van der Waals surface area contributed by atoms with E-state index in [-0.39, 0.29) is 43.8 Å². The molecule has 3 rings (SSSR count). The van der Waals surface area contributed by atoms with E-state index in [4.69, 9.17) is 11.5 Å². The monoisotopic (exact) mass is 574 g/mol. The van der Waals surface area contributed by atoms with Gasteiger partial charge >= 0.3 is 6.03 Å². The van der Waals surface area contributed by atoms with Crippen LogP contribution in [0.25, 0.3) is 0 Å². The Labute approximate surface area is 243 Å². The second-order valence-electron chi connectivity index (χ2n) is 9.32. The van der Waals surface area contributed by atoms with Crippen molar-refractivity contribution in [3.8, 4) is 0 Å². The zero-order valence-corrected chi connectivity index (χ0v) is 23.1. The number of hydrogen-bond donors (Lipinski definition) is 5. The van der Waals surface area contributed by atoms with Crippen molar-refractivity contribution in [1.82, 2.24) is 15.6 Å². The van der Waals surface area contributed by atoms with E-state index in [0.29, 0.717) is 11.3 Å². The van der Waals surface area contributed by atoms with Crippen LogP contribution < -0.4 is 27.5 Å². The first kappa shape index (κ1) is 31.1. The number of aliphatic imine (C=N–C) groups is 1. The molecule has 1 atom stereocenters. The van der Waals surface area contributed by atoms with Gasteiger partial charge < -0.3 is 27.0 Å². The zero-order valence-electron chi connectivity index (χ0n) is 23.1. The number of primary amides is 1. The number of nitrogens with two attached hydrogens (primary N) is 2. The van der Waals surface area contributed by atoms with Gasteiger partial charge in [-0.05, 0) is 41.7 Å². The van der Waals surface area contributed by atoms with Crippen LogP contribution in [-0.2, 0) is 16.1 Å². The summed E-state index contributed by atoms with van der Waals surface area (Å²) in [5.74, 6) is -2.13. The van der Waals surface area contributed by atoms with E-state index in [1.54, 1.807) is 29.7 Å². The van der Waals surface area contributed by atoms with Gasteiger partial charge in [-0.2, -0.15) is 0 Å². The minimum absolute atomic E-state index is 0.0527. The Bertz CT molecular complexity index is 1340. The second-order valence-corrected chi connectivity index (χ2v) is 9.32. The summed E-state index contributed by atoms with van der Waals surface area (Å²) >= 11 is 0. The number of urea groups is 1. The van der Waals surface area contributed by atoms with Gasteiger partial charge in [0, 0.05) is 25.8 Å². The highest BCUT2D eigenvalue weighted by Gasteiger charge is 2.34. The van der Waals surface area contributed by atoms with Crippen LogP contribution in [0, 0.1) is 10.1 Å². The Balaban J connectivity index is 1.96. The van der Waals surface area contributed by atoms with Gasteiger partial charge in [0.05, 0.1) is 5.92 Å². The summed E-state index contributed by atoms with van der Waals surface area (Å²) in [5, 5.41) is 14.9. The van der Waals surface area contributed by atoms with Crippen LogP contribution in [0.2, 0.25) is 0 Å². The predicted molar refractivity (Wildman–Crippen MR) is 159 cm³/mol. The summed E-state index contributed by atoms with van der Waals surface area (Å²) in [6, 6.07) is 24.0. The number of rotatable bonds is 13. The molecule has 0 saturated carbocycles. The average molecular weight is 575 g/mol. The molecule has 220 valence electrons. The van der Waals surface area contributed by atoms with E-state index in [9.17, 15) is 24.5 Å². The fourth-order valence-corrected chi connectivity index (χ4v) is 4.42. The van der Waals surface area contributed by atoms with E-state index in [1.165, 1.54) is 11.9 Å². The SMILES string of the molecule is CNC(=O)Nc1ccc(CN(C(=O)C(c2ccccc2)c2ccccc2)[C@H](CCCN=C(N)N[N+](=O)[O-])C(N)=O)cc1. The van der Waals surface area contributed by atoms with Crippen molar-refractivity contribution in [2.24, 2.45) is 16.5 Å². The molecule has 3 aromatic carbocycles. The molecule has 0 spiro atoms. The van der Waals surface area contributed by atoms with Gasteiger partial charge in [0.2, 0.25) is 11.8 Å². The number of nitrogens with one attached hydrogen (secondary N) is 3. The molecule has 0 saturated heterocycles. The molecule has 0 radical (unpaired) electrons. The van der Waals surface area contributed by atoms with Gasteiger partial charge in [0.25, 0.3) is 5.96 Å². The van der Waals surface area contributed by atoms with Crippen molar-refractivity contribution in [2.45, 2.75) is 31.3 Å². The van der Waals surface area contributed by atoms with Gasteiger partial charge in [-0.25, -0.2) is 19.9 Å². The quantitative estimate of drug-likeness (QED) is 0.0678. The fraction of sp³-hybridized carbons (Fsp3) is 0.241. The van der Waals surface area contributed by atoms with E-state index in [2.05, 4.69) is 15.6 Å². The van der Waals surface area contributed by atoms with Crippen LogP contribution in [0.5, 0.6) is 0 Å². The highest BCUT2D eigenvalue weighted by Crippen LogP contribution is 2.29. The first-order valence-electron chi connectivity index (χ1n) is 13.2. The second kappa shape index (κ2) is 15.4. The lowest BCUT2D eigenvalue weighted by Crippen LogP contribution is -2.49. The van der Waals surface area contributed by atoms with E-state index < -0.39 is 22.9 Å². The number of benzene rings is 3. The van der Waals surface area contributed by atoms with Crippen LogP contribution in [0.4, 0.5) is 10.5 Å². The molecule has 0 aliphatic heterocycles.